The highest BCUT2D eigenvalue weighted by Crippen LogP contribution is 2.48. The standard InChI is InChI=1S/C36H43NS/c1-10-36(8,11-2)31-21-30(24(7)25-15-12-13-16-26(25)31)33-35-28(19-20-37(33)9)27-17-14-18-29(34(27)38-35)32(22(3)4)23(5)6/h12-23,32H,9-11H2,1-8H3. The SMILES string of the molecule is C=[N+]1C=Cc2c([s+][c-]3c(C(C(C)C)C(C)C)cccc23)[C-]1c1cc(C(C)(CC)CC)c2ccccc2c1C. The van der Waals surface area contributed by atoms with Crippen LogP contribution in [0.15, 0.2) is 54.7 Å². The van der Waals surface area contributed by atoms with Crippen LogP contribution in [0.25, 0.3) is 26.9 Å². The average Bonchev–Trinajstić information content (AvgIpc) is 3.28. The molecule has 0 fully saturated rings. The number of aryl methyl sites for hydroxylation is 1. The summed E-state index contributed by atoms with van der Waals surface area (Å²) in [6.45, 7) is 23.3. The maximum atomic E-state index is 4.51. The molecule has 0 atom stereocenters. The third-order valence-corrected chi connectivity index (χ3v) is 10.6. The van der Waals surface area contributed by atoms with Crippen molar-refractivity contribution >= 4 is 45.0 Å². The van der Waals surface area contributed by atoms with Crippen LogP contribution in [-0.2, 0) is 5.41 Å². The fourth-order valence-corrected chi connectivity index (χ4v) is 8.22. The van der Waals surface area contributed by atoms with Gasteiger partial charge in [-0.25, -0.2) is 0 Å². The summed E-state index contributed by atoms with van der Waals surface area (Å²) in [4.78, 5) is 1.34. The molecular formula is C36H43NS. The van der Waals surface area contributed by atoms with E-state index in [2.05, 4.69) is 127 Å². The Bertz CT molecular complexity index is 1530. The van der Waals surface area contributed by atoms with Gasteiger partial charge >= 0.3 is 0 Å². The molecule has 2 heteroatoms. The molecule has 0 saturated heterocycles. The molecule has 38 heavy (non-hydrogen) atoms. The van der Waals surface area contributed by atoms with Crippen molar-refractivity contribution in [2.45, 2.75) is 79.6 Å². The average molecular weight is 522 g/mol. The number of thiophene rings is 1. The van der Waals surface area contributed by atoms with Gasteiger partial charge < -0.3 is 0 Å². The molecule has 2 heterocycles. The van der Waals surface area contributed by atoms with E-state index in [0.29, 0.717) is 17.8 Å². The molecule has 1 nitrogen and oxygen atoms in total. The Labute approximate surface area is 233 Å². The molecule has 3 aromatic carbocycles. The maximum absolute atomic E-state index is 4.51. The maximum Gasteiger partial charge on any atom is 0.197 e. The number of nitrogens with zero attached hydrogens (tertiary/aromatic N) is 1. The van der Waals surface area contributed by atoms with Gasteiger partial charge in [0.25, 0.3) is 0 Å². The fourth-order valence-electron chi connectivity index (χ4n) is 6.80. The lowest BCUT2D eigenvalue weighted by atomic mass is 9.74. The molecule has 0 N–H and O–H groups in total. The highest BCUT2D eigenvalue weighted by atomic mass is 32.1. The zero-order chi connectivity index (χ0) is 27.4. The third-order valence-electron chi connectivity index (χ3n) is 9.28. The highest BCUT2D eigenvalue weighted by molar-refractivity contribution is 7.20. The molecule has 5 rings (SSSR count). The van der Waals surface area contributed by atoms with E-state index in [1.165, 1.54) is 59.6 Å². The lowest BCUT2D eigenvalue weighted by molar-refractivity contribution is -0.417. The van der Waals surface area contributed by atoms with Gasteiger partial charge in [-0.15, -0.1) is 18.2 Å². The summed E-state index contributed by atoms with van der Waals surface area (Å²) < 4.78 is 3.54. The molecule has 0 bridgehead atoms. The number of rotatable bonds is 7. The van der Waals surface area contributed by atoms with Crippen molar-refractivity contribution in [2.75, 3.05) is 0 Å². The summed E-state index contributed by atoms with van der Waals surface area (Å²) in [5.41, 5.74) is 7.06. The molecule has 4 aromatic rings. The molecule has 0 radical (unpaired) electrons. The first-order valence-electron chi connectivity index (χ1n) is 14.4. The lowest BCUT2D eigenvalue weighted by Crippen LogP contribution is -2.23. The topological polar surface area (TPSA) is 3.01 Å². The highest BCUT2D eigenvalue weighted by Gasteiger charge is 2.36. The van der Waals surface area contributed by atoms with Gasteiger partial charge in [-0.05, 0) is 69.5 Å². The molecule has 0 spiro atoms. The zero-order valence-corrected chi connectivity index (χ0v) is 25.3. The van der Waals surface area contributed by atoms with Crippen molar-refractivity contribution in [3.63, 3.8) is 0 Å². The molecule has 1 aliphatic rings. The first kappa shape index (κ1) is 26.8. The fraction of sp³-hybridized carbons (Fsp3) is 0.389. The summed E-state index contributed by atoms with van der Waals surface area (Å²) in [5, 5.41) is 4.12. The van der Waals surface area contributed by atoms with Crippen LogP contribution in [0.1, 0.15) is 99.9 Å². The minimum Gasteiger partial charge on any atom is -0.257 e. The van der Waals surface area contributed by atoms with Crippen molar-refractivity contribution in [1.82, 2.24) is 0 Å². The summed E-state index contributed by atoms with van der Waals surface area (Å²) in [6.07, 6.45) is 6.66. The molecule has 0 amide bonds. The number of hydrogen-bond acceptors (Lipinski definition) is 0. The van der Waals surface area contributed by atoms with E-state index >= 15 is 0 Å². The van der Waals surface area contributed by atoms with E-state index in [1.54, 1.807) is 0 Å². The van der Waals surface area contributed by atoms with Gasteiger partial charge in [0.1, 0.15) is 17.5 Å². The normalized spacial score (nSPS) is 14.1. The van der Waals surface area contributed by atoms with E-state index in [9.17, 15) is 0 Å². The van der Waals surface area contributed by atoms with Crippen molar-refractivity contribution in [1.29, 1.82) is 0 Å². The van der Waals surface area contributed by atoms with E-state index in [4.69, 9.17) is 0 Å². The number of fused-ring (bicyclic) bond motifs is 4. The van der Waals surface area contributed by atoms with E-state index in [-0.39, 0.29) is 5.41 Å². The Morgan fingerprint density at radius 2 is 1.61 bits per heavy atom. The lowest BCUT2D eigenvalue weighted by Gasteiger charge is -2.33. The van der Waals surface area contributed by atoms with Gasteiger partial charge in [-0.3, -0.25) is 4.58 Å². The predicted molar refractivity (Wildman–Crippen MR) is 169 cm³/mol. The Kier molecular flexibility index (Phi) is 7.07. The van der Waals surface area contributed by atoms with Crippen molar-refractivity contribution in [3.8, 4) is 0 Å². The smallest absolute Gasteiger partial charge is 0.197 e. The van der Waals surface area contributed by atoms with Gasteiger partial charge in [0.2, 0.25) is 0 Å². The second-order valence-corrected chi connectivity index (χ2v) is 13.1. The van der Waals surface area contributed by atoms with Gasteiger partial charge in [0, 0.05) is 0 Å². The molecule has 198 valence electrons. The Morgan fingerprint density at radius 1 is 0.947 bits per heavy atom. The second kappa shape index (κ2) is 10.0. The number of hydrogen-bond donors (Lipinski definition) is 0. The van der Waals surface area contributed by atoms with E-state index in [0.717, 1.165) is 12.8 Å². The molecule has 0 unspecified atom stereocenters. The molecule has 0 saturated carbocycles. The molecule has 0 aliphatic carbocycles. The van der Waals surface area contributed by atoms with Crippen LogP contribution in [-0.4, -0.2) is 11.3 Å². The van der Waals surface area contributed by atoms with Gasteiger partial charge in [-0.2, -0.15) is 0 Å². The molecule has 1 aliphatic heterocycles. The second-order valence-electron chi connectivity index (χ2n) is 12.1. The summed E-state index contributed by atoms with van der Waals surface area (Å²) in [5.74, 6) is 1.72. The first-order valence-corrected chi connectivity index (χ1v) is 15.2. The van der Waals surface area contributed by atoms with Crippen LogP contribution >= 0.6 is 11.3 Å². The number of benzene rings is 3. The third kappa shape index (κ3) is 4.13. The van der Waals surface area contributed by atoms with Gasteiger partial charge in [0.05, 0.1) is 6.72 Å². The van der Waals surface area contributed by atoms with Crippen LogP contribution in [0.2, 0.25) is 0 Å². The van der Waals surface area contributed by atoms with Crippen molar-refractivity contribution in [2.24, 2.45) is 11.8 Å². The predicted octanol–water partition coefficient (Wildman–Crippen LogP) is 10.5. The van der Waals surface area contributed by atoms with E-state index < -0.39 is 0 Å². The van der Waals surface area contributed by atoms with Crippen molar-refractivity contribution < 1.29 is 4.58 Å². The minimum absolute atomic E-state index is 0.122. The first-order chi connectivity index (χ1) is 18.1. The largest absolute Gasteiger partial charge is 0.257 e. The monoisotopic (exact) mass is 521 g/mol. The summed E-state index contributed by atoms with van der Waals surface area (Å²) in [6, 6.07) is 19.7. The molecule has 1 aromatic heterocycles. The molecular weight excluding hydrogens is 478 g/mol. The minimum atomic E-state index is 0.122. The Balaban J connectivity index is 1.80. The Hall–Kier alpha value is -2.84. The van der Waals surface area contributed by atoms with Crippen LogP contribution in [0.4, 0.5) is 0 Å². The van der Waals surface area contributed by atoms with Crippen molar-refractivity contribution in [3.05, 3.63) is 93.5 Å². The Morgan fingerprint density at radius 3 is 2.24 bits per heavy atom. The van der Waals surface area contributed by atoms with E-state index in [1.807, 2.05) is 11.3 Å². The van der Waals surface area contributed by atoms with Crippen LogP contribution < -0.4 is 0 Å². The van der Waals surface area contributed by atoms with Crippen LogP contribution in [0, 0.1) is 24.8 Å². The van der Waals surface area contributed by atoms with Gasteiger partial charge in [0.15, 0.2) is 15.6 Å². The van der Waals surface area contributed by atoms with Crippen LogP contribution in [0.5, 0.6) is 0 Å². The summed E-state index contributed by atoms with van der Waals surface area (Å²) in [7, 11) is 0. The van der Waals surface area contributed by atoms with Gasteiger partial charge in [-0.1, -0.05) is 102 Å². The quantitative estimate of drug-likeness (QED) is 0.129. The van der Waals surface area contributed by atoms with Crippen LogP contribution in [0.3, 0.4) is 0 Å². The summed E-state index contributed by atoms with van der Waals surface area (Å²) >= 11 is 1.97. The zero-order valence-electron chi connectivity index (χ0n) is 24.5.